The van der Waals surface area contributed by atoms with E-state index in [9.17, 15) is 9.18 Å². The smallest absolute Gasteiger partial charge is 0.227 e. The molecule has 0 fully saturated rings. The Morgan fingerprint density at radius 1 is 1.29 bits per heavy atom. The molecule has 21 heavy (non-hydrogen) atoms. The molecular formula is C15H13Br2FN2O. The Balaban J connectivity index is 1.72. The molecule has 6 heteroatoms. The van der Waals surface area contributed by atoms with Gasteiger partial charge in [-0.2, -0.15) is 0 Å². The molecule has 2 aromatic rings. The lowest BCUT2D eigenvalue weighted by atomic mass is 10.1. The third kappa shape index (κ3) is 3.06. The van der Waals surface area contributed by atoms with Crippen LogP contribution in [0.4, 0.5) is 4.39 Å². The average Bonchev–Trinajstić information content (AvgIpc) is 2.76. The number of carbonyl (C=O) groups is 1. The summed E-state index contributed by atoms with van der Waals surface area (Å²) in [6.07, 6.45) is 1.12. The van der Waals surface area contributed by atoms with E-state index in [2.05, 4.69) is 36.8 Å². The van der Waals surface area contributed by atoms with Gasteiger partial charge in [-0.1, -0.05) is 12.1 Å². The van der Waals surface area contributed by atoms with Crippen molar-refractivity contribution in [2.24, 2.45) is 0 Å². The molecule has 1 aromatic heterocycles. The van der Waals surface area contributed by atoms with E-state index in [1.807, 2.05) is 4.90 Å². The largest absolute Gasteiger partial charge is 0.352 e. The highest BCUT2D eigenvalue weighted by Gasteiger charge is 2.25. The molecule has 0 aliphatic carbocycles. The Morgan fingerprint density at radius 2 is 2.00 bits per heavy atom. The van der Waals surface area contributed by atoms with Gasteiger partial charge in [-0.05, 0) is 49.6 Å². The number of carbonyl (C=O) groups excluding carboxylic acids is 1. The number of nitrogens with zero attached hydrogens (tertiary/aromatic N) is 1. The van der Waals surface area contributed by atoms with Gasteiger partial charge in [-0.3, -0.25) is 4.79 Å². The first kappa shape index (κ1) is 14.8. The number of fused-ring (bicyclic) bond motifs is 1. The summed E-state index contributed by atoms with van der Waals surface area (Å²) in [5.74, 6) is -0.216. The number of hydrogen-bond acceptors (Lipinski definition) is 1. The Labute approximate surface area is 138 Å². The monoisotopic (exact) mass is 414 g/mol. The van der Waals surface area contributed by atoms with Crippen molar-refractivity contribution in [2.45, 2.75) is 19.4 Å². The molecule has 3 rings (SSSR count). The number of H-pyrrole nitrogens is 1. The van der Waals surface area contributed by atoms with E-state index >= 15 is 0 Å². The van der Waals surface area contributed by atoms with E-state index in [-0.39, 0.29) is 11.7 Å². The Bertz CT molecular complexity index is 682. The van der Waals surface area contributed by atoms with Crippen LogP contribution in [0.5, 0.6) is 0 Å². The second kappa shape index (κ2) is 5.93. The summed E-state index contributed by atoms with van der Waals surface area (Å²) in [5.41, 5.74) is 3.13. The lowest BCUT2D eigenvalue weighted by molar-refractivity contribution is -0.131. The summed E-state index contributed by atoms with van der Waals surface area (Å²) >= 11 is 6.98. The molecule has 0 spiro atoms. The van der Waals surface area contributed by atoms with Crippen LogP contribution in [0, 0.1) is 5.82 Å². The number of benzene rings is 1. The molecule has 0 atom stereocenters. The van der Waals surface area contributed by atoms with Crippen molar-refractivity contribution >= 4 is 37.8 Å². The number of nitrogens with one attached hydrogen (secondary N) is 1. The Hall–Kier alpha value is -1.14. The summed E-state index contributed by atoms with van der Waals surface area (Å²) in [6.45, 7) is 1.30. The number of amides is 1. The molecule has 0 unspecified atom stereocenters. The minimum atomic E-state index is -0.282. The summed E-state index contributed by atoms with van der Waals surface area (Å²) in [4.78, 5) is 17.5. The first-order valence-electron chi connectivity index (χ1n) is 6.61. The SMILES string of the molecule is O=C(Cc1ccc(F)cc1)N1CCc2[nH]c(Br)c(Br)c2C1. The van der Waals surface area contributed by atoms with Crippen molar-refractivity contribution < 1.29 is 9.18 Å². The molecule has 2 heterocycles. The molecule has 1 amide bonds. The fourth-order valence-corrected chi connectivity index (χ4v) is 3.47. The highest BCUT2D eigenvalue weighted by Crippen LogP contribution is 2.33. The quantitative estimate of drug-likeness (QED) is 0.795. The lowest BCUT2D eigenvalue weighted by Crippen LogP contribution is -2.36. The predicted molar refractivity (Wildman–Crippen MR) is 85.4 cm³/mol. The summed E-state index contributed by atoms with van der Waals surface area (Å²) in [6, 6.07) is 6.09. The van der Waals surface area contributed by atoms with Crippen molar-refractivity contribution in [3.8, 4) is 0 Å². The van der Waals surface area contributed by atoms with Gasteiger partial charge in [-0.25, -0.2) is 4.39 Å². The maximum absolute atomic E-state index is 12.9. The van der Waals surface area contributed by atoms with Crippen LogP contribution in [-0.4, -0.2) is 22.3 Å². The average molecular weight is 416 g/mol. The van der Waals surface area contributed by atoms with Gasteiger partial charge in [0.15, 0.2) is 0 Å². The molecule has 0 saturated heterocycles. The highest BCUT2D eigenvalue weighted by atomic mass is 79.9. The highest BCUT2D eigenvalue weighted by molar-refractivity contribution is 9.13. The van der Waals surface area contributed by atoms with Crippen molar-refractivity contribution in [3.05, 3.63) is 56.0 Å². The molecule has 0 bridgehead atoms. The van der Waals surface area contributed by atoms with Gasteiger partial charge >= 0.3 is 0 Å². The van der Waals surface area contributed by atoms with Crippen LogP contribution >= 0.6 is 31.9 Å². The topological polar surface area (TPSA) is 36.1 Å². The number of rotatable bonds is 2. The molecule has 3 nitrogen and oxygen atoms in total. The van der Waals surface area contributed by atoms with Gasteiger partial charge in [0, 0.05) is 30.8 Å². The zero-order valence-corrected chi connectivity index (χ0v) is 14.3. The lowest BCUT2D eigenvalue weighted by Gasteiger charge is -2.27. The molecule has 1 aromatic carbocycles. The van der Waals surface area contributed by atoms with Crippen LogP contribution in [-0.2, 0) is 24.2 Å². The molecule has 1 aliphatic heterocycles. The van der Waals surface area contributed by atoms with E-state index in [4.69, 9.17) is 0 Å². The third-order valence-electron chi connectivity index (χ3n) is 3.68. The van der Waals surface area contributed by atoms with Crippen molar-refractivity contribution in [3.63, 3.8) is 0 Å². The Kier molecular flexibility index (Phi) is 4.17. The van der Waals surface area contributed by atoms with Crippen molar-refractivity contribution in [2.75, 3.05) is 6.54 Å². The van der Waals surface area contributed by atoms with Gasteiger partial charge in [0.25, 0.3) is 0 Å². The van der Waals surface area contributed by atoms with Crippen LogP contribution < -0.4 is 0 Å². The fourth-order valence-electron chi connectivity index (χ4n) is 2.52. The number of halogens is 3. The minimum absolute atomic E-state index is 0.0662. The van der Waals surface area contributed by atoms with E-state index < -0.39 is 0 Å². The number of aromatic nitrogens is 1. The maximum Gasteiger partial charge on any atom is 0.227 e. The van der Waals surface area contributed by atoms with Gasteiger partial charge < -0.3 is 9.88 Å². The van der Waals surface area contributed by atoms with Crippen LogP contribution in [0.15, 0.2) is 33.3 Å². The van der Waals surface area contributed by atoms with Crippen LogP contribution in [0.25, 0.3) is 0 Å². The second-order valence-electron chi connectivity index (χ2n) is 5.08. The number of aromatic amines is 1. The van der Waals surface area contributed by atoms with E-state index in [1.165, 1.54) is 17.8 Å². The fraction of sp³-hybridized carbons (Fsp3) is 0.267. The molecule has 110 valence electrons. The Morgan fingerprint density at radius 3 is 2.71 bits per heavy atom. The van der Waals surface area contributed by atoms with Gasteiger partial charge in [-0.15, -0.1) is 0 Å². The minimum Gasteiger partial charge on any atom is -0.352 e. The standard InChI is InChI=1S/C15H13Br2FN2O/c16-14-11-8-20(6-5-12(11)19-15(14)17)13(21)7-9-1-3-10(18)4-2-9/h1-4,19H,5-8H2. The third-order valence-corrected chi connectivity index (χ3v) is 5.69. The zero-order chi connectivity index (χ0) is 15.0. The van der Waals surface area contributed by atoms with Gasteiger partial charge in [0.2, 0.25) is 5.91 Å². The molecule has 0 saturated carbocycles. The van der Waals surface area contributed by atoms with Crippen molar-refractivity contribution in [1.29, 1.82) is 0 Å². The predicted octanol–water partition coefficient (Wildman–Crippen LogP) is 3.81. The van der Waals surface area contributed by atoms with Gasteiger partial charge in [0.05, 0.1) is 15.5 Å². The van der Waals surface area contributed by atoms with E-state index in [1.54, 1.807) is 12.1 Å². The summed E-state index contributed by atoms with van der Waals surface area (Å²) < 4.78 is 14.8. The normalized spacial score (nSPS) is 14.1. The maximum atomic E-state index is 12.9. The summed E-state index contributed by atoms with van der Waals surface area (Å²) in [7, 11) is 0. The van der Waals surface area contributed by atoms with E-state index in [0.717, 1.165) is 26.6 Å². The van der Waals surface area contributed by atoms with Crippen LogP contribution in [0.2, 0.25) is 0 Å². The first-order chi connectivity index (χ1) is 10.0. The first-order valence-corrected chi connectivity index (χ1v) is 8.20. The molecule has 1 aliphatic rings. The second-order valence-corrected chi connectivity index (χ2v) is 6.66. The summed E-state index contributed by atoms with van der Waals surface area (Å²) in [5, 5.41) is 0. The molecule has 1 N–H and O–H groups in total. The van der Waals surface area contributed by atoms with E-state index in [0.29, 0.717) is 19.5 Å². The van der Waals surface area contributed by atoms with Crippen LogP contribution in [0.1, 0.15) is 16.8 Å². The molecular weight excluding hydrogens is 403 g/mol. The van der Waals surface area contributed by atoms with Crippen LogP contribution in [0.3, 0.4) is 0 Å². The van der Waals surface area contributed by atoms with Crippen molar-refractivity contribution in [1.82, 2.24) is 9.88 Å². The zero-order valence-electron chi connectivity index (χ0n) is 11.1. The molecule has 0 radical (unpaired) electrons. The van der Waals surface area contributed by atoms with Gasteiger partial charge in [0.1, 0.15) is 5.82 Å². The number of hydrogen-bond donors (Lipinski definition) is 1.